The van der Waals surface area contributed by atoms with E-state index in [9.17, 15) is 13.6 Å². The lowest BCUT2D eigenvalue weighted by Crippen LogP contribution is -2.31. The smallest absolute Gasteiger partial charge is 0.267 e. The van der Waals surface area contributed by atoms with Gasteiger partial charge in [-0.2, -0.15) is 0 Å². The summed E-state index contributed by atoms with van der Waals surface area (Å²) in [6.45, 7) is 0. The maximum absolute atomic E-state index is 13.3. The second-order valence-electron chi connectivity index (χ2n) is 5.57. The number of thiazole rings is 1. The van der Waals surface area contributed by atoms with E-state index in [2.05, 4.69) is 10.3 Å². The van der Waals surface area contributed by atoms with Gasteiger partial charge in [0.1, 0.15) is 5.75 Å². The SMILES string of the molecule is O=C(Nc1nc(-c2ccc(F)c(F)c2)cs1)C1Cc2ccccc2O1. The highest BCUT2D eigenvalue weighted by molar-refractivity contribution is 7.14. The summed E-state index contributed by atoms with van der Waals surface area (Å²) in [5.74, 6) is -1.43. The van der Waals surface area contributed by atoms with E-state index < -0.39 is 17.7 Å². The maximum Gasteiger partial charge on any atom is 0.267 e. The predicted molar refractivity (Wildman–Crippen MR) is 90.7 cm³/mol. The molecule has 3 aromatic rings. The number of amides is 1. The normalized spacial score (nSPS) is 15.5. The van der Waals surface area contributed by atoms with Gasteiger partial charge in [0.25, 0.3) is 5.91 Å². The molecular formula is C18H12F2N2O2S. The minimum Gasteiger partial charge on any atom is -0.480 e. The van der Waals surface area contributed by atoms with E-state index in [0.717, 1.165) is 17.7 Å². The first-order valence-electron chi connectivity index (χ1n) is 7.56. The number of hydrogen-bond donors (Lipinski definition) is 1. The van der Waals surface area contributed by atoms with Crippen molar-refractivity contribution in [3.8, 4) is 17.0 Å². The van der Waals surface area contributed by atoms with E-state index in [4.69, 9.17) is 4.74 Å². The van der Waals surface area contributed by atoms with Gasteiger partial charge in [-0.25, -0.2) is 13.8 Å². The summed E-state index contributed by atoms with van der Waals surface area (Å²) in [6.07, 6.45) is -0.100. The Labute approximate surface area is 146 Å². The van der Waals surface area contributed by atoms with E-state index in [-0.39, 0.29) is 5.91 Å². The quantitative estimate of drug-likeness (QED) is 0.769. The summed E-state index contributed by atoms with van der Waals surface area (Å²) in [6, 6.07) is 11.1. The number of rotatable bonds is 3. The van der Waals surface area contributed by atoms with Crippen molar-refractivity contribution in [2.45, 2.75) is 12.5 Å². The first-order valence-corrected chi connectivity index (χ1v) is 8.44. The van der Waals surface area contributed by atoms with Crippen LogP contribution >= 0.6 is 11.3 Å². The number of carbonyl (C=O) groups is 1. The van der Waals surface area contributed by atoms with Gasteiger partial charge in [0.15, 0.2) is 22.9 Å². The largest absolute Gasteiger partial charge is 0.480 e. The molecule has 1 N–H and O–H groups in total. The summed E-state index contributed by atoms with van der Waals surface area (Å²) in [5, 5.41) is 4.76. The second-order valence-corrected chi connectivity index (χ2v) is 6.43. The lowest BCUT2D eigenvalue weighted by Gasteiger charge is -2.09. The van der Waals surface area contributed by atoms with Gasteiger partial charge in [-0.1, -0.05) is 18.2 Å². The van der Waals surface area contributed by atoms with Crippen molar-refractivity contribution >= 4 is 22.4 Å². The van der Waals surface area contributed by atoms with Crippen LogP contribution in [0, 0.1) is 11.6 Å². The summed E-state index contributed by atoms with van der Waals surface area (Å²) in [7, 11) is 0. The molecule has 0 bridgehead atoms. The molecule has 4 rings (SSSR count). The van der Waals surface area contributed by atoms with Crippen molar-refractivity contribution in [1.82, 2.24) is 4.98 Å². The molecule has 1 aliphatic heterocycles. The van der Waals surface area contributed by atoms with Crippen molar-refractivity contribution < 1.29 is 18.3 Å². The second kappa shape index (κ2) is 6.25. The minimum atomic E-state index is -0.937. The van der Waals surface area contributed by atoms with Crippen LogP contribution in [0.4, 0.5) is 13.9 Å². The Kier molecular flexibility index (Phi) is 3.93. The molecule has 4 nitrogen and oxygen atoms in total. The summed E-state index contributed by atoms with van der Waals surface area (Å²) >= 11 is 1.21. The van der Waals surface area contributed by atoms with E-state index in [1.165, 1.54) is 17.4 Å². The Bertz CT molecular complexity index is 933. The molecule has 1 amide bonds. The number of para-hydroxylation sites is 1. The Balaban J connectivity index is 1.46. The van der Waals surface area contributed by atoms with Gasteiger partial charge in [0.05, 0.1) is 5.69 Å². The van der Waals surface area contributed by atoms with Crippen LogP contribution in [0.15, 0.2) is 47.8 Å². The predicted octanol–water partition coefficient (Wildman–Crippen LogP) is 4.03. The maximum atomic E-state index is 13.3. The van der Waals surface area contributed by atoms with Crippen molar-refractivity contribution in [3.05, 3.63) is 65.0 Å². The van der Waals surface area contributed by atoms with Crippen LogP contribution in [0.1, 0.15) is 5.56 Å². The van der Waals surface area contributed by atoms with E-state index in [0.29, 0.717) is 28.6 Å². The average molecular weight is 358 g/mol. The standard InChI is InChI=1S/C18H12F2N2O2S/c19-12-6-5-10(7-13(12)20)14-9-25-18(21-14)22-17(23)16-8-11-3-1-2-4-15(11)24-16/h1-7,9,16H,8H2,(H,21,22,23). The molecule has 1 atom stereocenters. The number of anilines is 1. The van der Waals surface area contributed by atoms with Crippen molar-refractivity contribution in [2.24, 2.45) is 0 Å². The van der Waals surface area contributed by atoms with Gasteiger partial charge in [0, 0.05) is 17.4 Å². The molecule has 0 saturated carbocycles. The van der Waals surface area contributed by atoms with Crippen LogP contribution in [0.2, 0.25) is 0 Å². The lowest BCUT2D eigenvalue weighted by atomic mass is 10.1. The topological polar surface area (TPSA) is 51.2 Å². The Morgan fingerprint density at radius 2 is 2.04 bits per heavy atom. The number of hydrogen-bond acceptors (Lipinski definition) is 4. The average Bonchev–Trinajstić information content (AvgIpc) is 3.24. The van der Waals surface area contributed by atoms with Crippen LogP contribution in [0.3, 0.4) is 0 Å². The van der Waals surface area contributed by atoms with Crippen LogP contribution < -0.4 is 10.1 Å². The van der Waals surface area contributed by atoms with Gasteiger partial charge in [-0.3, -0.25) is 10.1 Å². The fraction of sp³-hybridized carbons (Fsp3) is 0.111. The first-order chi connectivity index (χ1) is 12.1. The zero-order chi connectivity index (χ0) is 17.4. The fourth-order valence-corrected chi connectivity index (χ4v) is 3.36. The third kappa shape index (κ3) is 3.10. The van der Waals surface area contributed by atoms with Crippen molar-refractivity contribution in [1.29, 1.82) is 0 Å². The molecule has 0 fully saturated rings. The molecule has 1 aromatic heterocycles. The molecule has 7 heteroatoms. The highest BCUT2D eigenvalue weighted by Crippen LogP contribution is 2.30. The van der Waals surface area contributed by atoms with Crippen LogP contribution in [0.5, 0.6) is 5.75 Å². The molecule has 0 radical (unpaired) electrons. The number of ether oxygens (including phenoxy) is 1. The Morgan fingerprint density at radius 1 is 1.20 bits per heavy atom. The summed E-state index contributed by atoms with van der Waals surface area (Å²) < 4.78 is 32.0. The minimum absolute atomic E-state index is 0.289. The van der Waals surface area contributed by atoms with Gasteiger partial charge >= 0.3 is 0 Å². The molecule has 25 heavy (non-hydrogen) atoms. The van der Waals surface area contributed by atoms with Gasteiger partial charge in [0.2, 0.25) is 0 Å². The highest BCUT2D eigenvalue weighted by Gasteiger charge is 2.29. The molecule has 0 aliphatic carbocycles. The molecule has 2 heterocycles. The number of halogens is 2. The Morgan fingerprint density at radius 3 is 2.84 bits per heavy atom. The van der Waals surface area contributed by atoms with Crippen molar-refractivity contribution in [3.63, 3.8) is 0 Å². The number of fused-ring (bicyclic) bond motifs is 1. The van der Waals surface area contributed by atoms with Gasteiger partial charge in [-0.05, 0) is 29.8 Å². The molecule has 0 spiro atoms. The third-order valence-electron chi connectivity index (χ3n) is 3.89. The Hall–Kier alpha value is -2.80. The monoisotopic (exact) mass is 358 g/mol. The fourth-order valence-electron chi connectivity index (χ4n) is 2.63. The number of nitrogens with one attached hydrogen (secondary N) is 1. The van der Waals surface area contributed by atoms with Crippen LogP contribution in [-0.2, 0) is 11.2 Å². The molecule has 2 aromatic carbocycles. The van der Waals surface area contributed by atoms with Gasteiger partial charge < -0.3 is 4.74 Å². The van der Waals surface area contributed by atoms with Gasteiger partial charge in [-0.15, -0.1) is 11.3 Å². The number of carbonyl (C=O) groups excluding carboxylic acids is 1. The van der Waals surface area contributed by atoms with Crippen LogP contribution in [0.25, 0.3) is 11.3 Å². The number of nitrogens with zero attached hydrogens (tertiary/aromatic N) is 1. The molecule has 0 saturated heterocycles. The number of benzene rings is 2. The number of aromatic nitrogens is 1. The molecule has 126 valence electrons. The highest BCUT2D eigenvalue weighted by atomic mass is 32.1. The van der Waals surface area contributed by atoms with E-state index >= 15 is 0 Å². The van der Waals surface area contributed by atoms with Crippen molar-refractivity contribution in [2.75, 3.05) is 5.32 Å². The zero-order valence-corrected chi connectivity index (χ0v) is 13.6. The molecule has 1 aliphatic rings. The van der Waals surface area contributed by atoms with E-state index in [1.54, 1.807) is 5.38 Å². The molecular weight excluding hydrogens is 346 g/mol. The van der Waals surface area contributed by atoms with E-state index in [1.807, 2.05) is 24.3 Å². The summed E-state index contributed by atoms with van der Waals surface area (Å²) in [5.41, 5.74) is 1.90. The molecule has 1 unspecified atom stereocenters. The third-order valence-corrected chi connectivity index (χ3v) is 4.65. The first kappa shape index (κ1) is 15.7. The summed E-state index contributed by atoms with van der Waals surface area (Å²) in [4.78, 5) is 16.6. The zero-order valence-electron chi connectivity index (χ0n) is 12.8. The lowest BCUT2D eigenvalue weighted by molar-refractivity contribution is -0.122. The van der Waals surface area contributed by atoms with Crippen LogP contribution in [-0.4, -0.2) is 17.0 Å².